The number of hydrogen-bond donors (Lipinski definition) is 1. The zero-order chi connectivity index (χ0) is 14.8. The maximum atomic E-state index is 5.96. The smallest absolute Gasteiger partial charge is 0.226 e. The number of nitrogens with zero attached hydrogens (tertiary/aromatic N) is 2. The van der Waals surface area contributed by atoms with Crippen LogP contribution in [0.5, 0.6) is 11.6 Å². The lowest BCUT2D eigenvalue weighted by atomic mass is 10.0. The summed E-state index contributed by atoms with van der Waals surface area (Å²) in [6.07, 6.45) is 7.02. The Hall–Kier alpha value is -2.14. The molecule has 4 rings (SSSR count). The number of anilines is 1. The van der Waals surface area contributed by atoms with Crippen molar-refractivity contribution in [3.8, 4) is 11.6 Å². The Morgan fingerprint density at radius 1 is 1.05 bits per heavy atom. The highest BCUT2D eigenvalue weighted by Crippen LogP contribution is 2.33. The van der Waals surface area contributed by atoms with Crippen LogP contribution in [-0.4, -0.2) is 28.2 Å². The Bertz CT molecular complexity index is 635. The van der Waals surface area contributed by atoms with Gasteiger partial charge in [0.15, 0.2) is 0 Å². The summed E-state index contributed by atoms with van der Waals surface area (Å²) in [5, 5.41) is 3.41. The molecule has 0 amide bonds. The SMILES string of the molecule is c1ccc(Oc2ccnc(NC3CCC4CCC3O4)n2)cc1. The third-order valence-corrected chi connectivity index (χ3v) is 4.30. The van der Waals surface area contributed by atoms with Gasteiger partial charge in [-0.1, -0.05) is 18.2 Å². The first-order valence-corrected chi connectivity index (χ1v) is 7.85. The molecular weight excluding hydrogens is 278 g/mol. The van der Waals surface area contributed by atoms with E-state index in [4.69, 9.17) is 9.47 Å². The molecule has 22 heavy (non-hydrogen) atoms. The zero-order valence-electron chi connectivity index (χ0n) is 12.3. The molecule has 5 nitrogen and oxygen atoms in total. The standard InChI is InChI=1S/C17H19N3O2/c1-2-4-12(5-3-1)22-16-10-11-18-17(20-16)19-14-8-6-13-7-9-15(14)21-13/h1-5,10-11,13-15H,6-9H2,(H,18,19,20). The number of para-hydroxylation sites is 1. The van der Waals surface area contributed by atoms with Crippen LogP contribution in [0.4, 0.5) is 5.95 Å². The maximum Gasteiger partial charge on any atom is 0.226 e. The number of fused-ring (bicyclic) bond motifs is 2. The monoisotopic (exact) mass is 297 g/mol. The van der Waals surface area contributed by atoms with Gasteiger partial charge in [-0.25, -0.2) is 4.98 Å². The number of hydrogen-bond acceptors (Lipinski definition) is 5. The Labute approximate surface area is 129 Å². The van der Waals surface area contributed by atoms with E-state index in [1.165, 1.54) is 6.42 Å². The van der Waals surface area contributed by atoms with Crippen LogP contribution in [0.1, 0.15) is 25.7 Å². The molecule has 5 heteroatoms. The highest BCUT2D eigenvalue weighted by molar-refractivity contribution is 5.32. The number of aromatic nitrogens is 2. The van der Waals surface area contributed by atoms with Gasteiger partial charge in [-0.05, 0) is 37.8 Å². The van der Waals surface area contributed by atoms with Crippen molar-refractivity contribution < 1.29 is 9.47 Å². The lowest BCUT2D eigenvalue weighted by Gasteiger charge is -2.29. The van der Waals surface area contributed by atoms with Gasteiger partial charge in [0.2, 0.25) is 11.8 Å². The highest BCUT2D eigenvalue weighted by atomic mass is 16.5. The van der Waals surface area contributed by atoms with Crippen LogP contribution in [0.15, 0.2) is 42.6 Å². The fraction of sp³-hybridized carbons (Fsp3) is 0.412. The first kappa shape index (κ1) is 13.5. The van der Waals surface area contributed by atoms with Gasteiger partial charge in [-0.3, -0.25) is 0 Å². The second kappa shape index (κ2) is 5.93. The summed E-state index contributed by atoms with van der Waals surface area (Å²) >= 11 is 0. The van der Waals surface area contributed by atoms with Gasteiger partial charge < -0.3 is 14.8 Å². The van der Waals surface area contributed by atoms with E-state index in [-0.39, 0.29) is 0 Å². The second-order valence-electron chi connectivity index (χ2n) is 5.84. The van der Waals surface area contributed by atoms with Crippen molar-refractivity contribution in [1.29, 1.82) is 0 Å². The minimum atomic E-state index is 0.293. The fourth-order valence-corrected chi connectivity index (χ4v) is 3.20. The van der Waals surface area contributed by atoms with E-state index >= 15 is 0 Å². The molecule has 3 heterocycles. The average molecular weight is 297 g/mol. The molecule has 0 aliphatic carbocycles. The minimum absolute atomic E-state index is 0.293. The van der Waals surface area contributed by atoms with E-state index in [0.29, 0.717) is 30.1 Å². The predicted octanol–water partition coefficient (Wildman–Crippen LogP) is 3.39. The first-order valence-electron chi connectivity index (χ1n) is 7.85. The maximum absolute atomic E-state index is 5.96. The van der Waals surface area contributed by atoms with Crippen LogP contribution in [0, 0.1) is 0 Å². The summed E-state index contributed by atoms with van der Waals surface area (Å²) in [7, 11) is 0. The summed E-state index contributed by atoms with van der Waals surface area (Å²) in [6, 6.07) is 11.7. The molecule has 2 aromatic rings. The Morgan fingerprint density at radius 3 is 2.82 bits per heavy atom. The van der Waals surface area contributed by atoms with E-state index in [2.05, 4.69) is 15.3 Å². The molecule has 2 aliphatic heterocycles. The Morgan fingerprint density at radius 2 is 1.91 bits per heavy atom. The molecule has 0 saturated carbocycles. The summed E-state index contributed by atoms with van der Waals surface area (Å²) in [5.41, 5.74) is 0. The van der Waals surface area contributed by atoms with Gasteiger partial charge in [0, 0.05) is 12.3 Å². The van der Waals surface area contributed by atoms with Gasteiger partial charge in [0.1, 0.15) is 5.75 Å². The number of ether oxygens (including phenoxy) is 2. The molecule has 2 saturated heterocycles. The van der Waals surface area contributed by atoms with Crippen LogP contribution in [-0.2, 0) is 4.74 Å². The van der Waals surface area contributed by atoms with Gasteiger partial charge in [0.25, 0.3) is 0 Å². The molecule has 1 N–H and O–H groups in total. The summed E-state index contributed by atoms with van der Waals surface area (Å²) in [5.74, 6) is 1.92. The third-order valence-electron chi connectivity index (χ3n) is 4.30. The number of rotatable bonds is 4. The van der Waals surface area contributed by atoms with Crippen LogP contribution in [0.25, 0.3) is 0 Å². The lowest BCUT2D eigenvalue weighted by molar-refractivity contribution is -0.00237. The van der Waals surface area contributed by atoms with Crippen molar-refractivity contribution in [2.24, 2.45) is 0 Å². The quantitative estimate of drug-likeness (QED) is 0.937. The van der Waals surface area contributed by atoms with E-state index in [1.54, 1.807) is 12.3 Å². The average Bonchev–Trinajstić information content (AvgIpc) is 2.94. The van der Waals surface area contributed by atoms with E-state index in [9.17, 15) is 0 Å². The molecule has 3 unspecified atom stereocenters. The Kier molecular flexibility index (Phi) is 3.64. The van der Waals surface area contributed by atoms with Crippen molar-refractivity contribution in [3.05, 3.63) is 42.6 Å². The summed E-state index contributed by atoms with van der Waals surface area (Å²) < 4.78 is 11.7. The molecule has 2 bridgehead atoms. The molecule has 1 aromatic heterocycles. The van der Waals surface area contributed by atoms with Gasteiger partial charge in [-0.15, -0.1) is 0 Å². The van der Waals surface area contributed by atoms with Crippen LogP contribution < -0.4 is 10.1 Å². The van der Waals surface area contributed by atoms with Crippen molar-refractivity contribution in [1.82, 2.24) is 9.97 Å². The largest absolute Gasteiger partial charge is 0.439 e. The topological polar surface area (TPSA) is 56.3 Å². The van der Waals surface area contributed by atoms with Gasteiger partial charge in [0.05, 0.1) is 18.2 Å². The van der Waals surface area contributed by atoms with Crippen LogP contribution >= 0.6 is 0 Å². The van der Waals surface area contributed by atoms with Gasteiger partial charge >= 0.3 is 0 Å². The molecule has 3 atom stereocenters. The van der Waals surface area contributed by atoms with Gasteiger partial charge in [-0.2, -0.15) is 4.98 Å². The number of benzene rings is 1. The lowest BCUT2D eigenvalue weighted by Crippen LogP contribution is -2.38. The van der Waals surface area contributed by atoms with E-state index in [1.807, 2.05) is 30.3 Å². The predicted molar refractivity (Wildman–Crippen MR) is 83.1 cm³/mol. The Balaban J connectivity index is 1.45. The minimum Gasteiger partial charge on any atom is -0.439 e. The molecule has 114 valence electrons. The van der Waals surface area contributed by atoms with Crippen LogP contribution in [0.2, 0.25) is 0 Å². The third kappa shape index (κ3) is 2.90. The zero-order valence-corrected chi connectivity index (χ0v) is 12.3. The van der Waals surface area contributed by atoms with Crippen molar-refractivity contribution in [2.45, 2.75) is 43.9 Å². The first-order chi connectivity index (χ1) is 10.9. The molecule has 2 fully saturated rings. The molecule has 1 aromatic carbocycles. The highest BCUT2D eigenvalue weighted by Gasteiger charge is 2.36. The van der Waals surface area contributed by atoms with Crippen molar-refractivity contribution >= 4 is 5.95 Å². The second-order valence-corrected chi connectivity index (χ2v) is 5.84. The summed E-state index contributed by atoms with van der Waals surface area (Å²) in [4.78, 5) is 8.74. The van der Waals surface area contributed by atoms with E-state index in [0.717, 1.165) is 25.0 Å². The van der Waals surface area contributed by atoms with Crippen molar-refractivity contribution in [2.75, 3.05) is 5.32 Å². The van der Waals surface area contributed by atoms with E-state index < -0.39 is 0 Å². The molecular formula is C17H19N3O2. The fourth-order valence-electron chi connectivity index (χ4n) is 3.20. The molecule has 0 spiro atoms. The summed E-state index contributed by atoms with van der Waals surface area (Å²) in [6.45, 7) is 0. The number of nitrogens with one attached hydrogen (secondary N) is 1. The van der Waals surface area contributed by atoms with Crippen molar-refractivity contribution in [3.63, 3.8) is 0 Å². The normalized spacial score (nSPS) is 26.6. The molecule has 0 radical (unpaired) electrons. The van der Waals surface area contributed by atoms with Crippen LogP contribution in [0.3, 0.4) is 0 Å². The molecule has 2 aliphatic rings.